The fraction of sp³-hybridized carbons (Fsp3) is 0.333. The number of carboxylic acids is 1. The first-order valence-electron chi connectivity index (χ1n) is 6.78. The molecule has 1 unspecified atom stereocenters. The molecule has 5 nitrogen and oxygen atoms in total. The van der Waals surface area contributed by atoms with Crippen molar-refractivity contribution in [1.82, 2.24) is 5.32 Å². The number of nitrogens with zero attached hydrogens (tertiary/aromatic N) is 1. The first-order chi connectivity index (χ1) is 10.0. The number of piperazine rings is 1. The summed E-state index contributed by atoms with van der Waals surface area (Å²) in [4.78, 5) is 24.5. The average Bonchev–Trinajstić information content (AvgIpc) is 2.45. The van der Waals surface area contributed by atoms with Gasteiger partial charge in [-0.3, -0.25) is 4.79 Å². The van der Waals surface area contributed by atoms with Gasteiger partial charge >= 0.3 is 5.97 Å². The van der Waals surface area contributed by atoms with E-state index in [9.17, 15) is 14.0 Å². The minimum Gasteiger partial charge on any atom is -0.478 e. The Morgan fingerprint density at radius 2 is 2.33 bits per heavy atom. The zero-order valence-electron chi connectivity index (χ0n) is 11.7. The van der Waals surface area contributed by atoms with Crippen molar-refractivity contribution in [2.75, 3.05) is 18.0 Å². The monoisotopic (exact) mass is 292 g/mol. The van der Waals surface area contributed by atoms with Gasteiger partial charge in [0.05, 0.1) is 0 Å². The van der Waals surface area contributed by atoms with E-state index in [2.05, 4.69) is 5.32 Å². The summed E-state index contributed by atoms with van der Waals surface area (Å²) >= 11 is 0. The van der Waals surface area contributed by atoms with Crippen LogP contribution in [0.15, 0.2) is 24.3 Å². The van der Waals surface area contributed by atoms with Gasteiger partial charge in [0.15, 0.2) is 0 Å². The van der Waals surface area contributed by atoms with Crippen LogP contribution in [0.5, 0.6) is 0 Å². The lowest BCUT2D eigenvalue weighted by atomic mass is 10.0. The number of carbonyl (C=O) groups excluding carboxylic acids is 1. The van der Waals surface area contributed by atoms with Crippen LogP contribution in [-0.4, -0.2) is 36.1 Å². The van der Waals surface area contributed by atoms with Gasteiger partial charge < -0.3 is 15.3 Å². The summed E-state index contributed by atoms with van der Waals surface area (Å²) in [6.07, 6.45) is 2.93. The van der Waals surface area contributed by atoms with Crippen molar-refractivity contribution >= 4 is 23.6 Å². The number of anilines is 1. The van der Waals surface area contributed by atoms with Gasteiger partial charge in [-0.1, -0.05) is 6.92 Å². The third-order valence-corrected chi connectivity index (χ3v) is 3.42. The summed E-state index contributed by atoms with van der Waals surface area (Å²) in [7, 11) is 0. The number of benzene rings is 1. The second-order valence-corrected chi connectivity index (χ2v) is 4.78. The van der Waals surface area contributed by atoms with Crippen molar-refractivity contribution in [2.45, 2.75) is 19.4 Å². The Bertz CT molecular complexity index is 586. The van der Waals surface area contributed by atoms with Crippen molar-refractivity contribution in [1.29, 1.82) is 0 Å². The molecular formula is C15H17FN2O3. The van der Waals surface area contributed by atoms with Crippen LogP contribution in [0.3, 0.4) is 0 Å². The summed E-state index contributed by atoms with van der Waals surface area (Å²) in [6.45, 7) is 3.01. The quantitative estimate of drug-likeness (QED) is 0.828. The van der Waals surface area contributed by atoms with E-state index in [1.165, 1.54) is 18.2 Å². The molecule has 0 bridgehead atoms. The van der Waals surface area contributed by atoms with Crippen molar-refractivity contribution in [3.63, 3.8) is 0 Å². The zero-order chi connectivity index (χ0) is 15.4. The fourth-order valence-corrected chi connectivity index (χ4v) is 2.49. The standard InChI is InChI=1S/C15H17FN2O3/c1-2-12-15(21)17-7-8-18(12)13-5-4-11(16)9-10(13)3-6-14(19)20/h3-6,9,12H,2,7-8H2,1H3,(H,17,21)(H,19,20). The lowest BCUT2D eigenvalue weighted by Gasteiger charge is -2.37. The van der Waals surface area contributed by atoms with E-state index >= 15 is 0 Å². The van der Waals surface area contributed by atoms with Crippen LogP contribution in [0.1, 0.15) is 18.9 Å². The molecule has 2 N–H and O–H groups in total. The molecule has 0 saturated carbocycles. The molecule has 1 amide bonds. The van der Waals surface area contributed by atoms with Gasteiger partial charge in [0, 0.05) is 30.4 Å². The molecule has 1 aromatic rings. The first-order valence-corrected chi connectivity index (χ1v) is 6.78. The molecule has 112 valence electrons. The summed E-state index contributed by atoms with van der Waals surface area (Å²) in [5, 5.41) is 11.5. The number of halogens is 1. The number of hydrogen-bond acceptors (Lipinski definition) is 3. The molecule has 0 radical (unpaired) electrons. The number of amides is 1. The largest absolute Gasteiger partial charge is 0.478 e. The summed E-state index contributed by atoms with van der Waals surface area (Å²) in [5.41, 5.74) is 1.11. The molecule has 1 aliphatic rings. The number of carbonyl (C=O) groups is 2. The highest BCUT2D eigenvalue weighted by molar-refractivity contribution is 5.90. The average molecular weight is 292 g/mol. The normalized spacial score (nSPS) is 18.9. The zero-order valence-corrected chi connectivity index (χ0v) is 11.7. The third kappa shape index (κ3) is 3.39. The molecular weight excluding hydrogens is 275 g/mol. The molecule has 2 rings (SSSR count). The summed E-state index contributed by atoms with van der Waals surface area (Å²) in [6, 6.07) is 3.83. The molecule has 1 fully saturated rings. The Hall–Kier alpha value is -2.37. The van der Waals surface area contributed by atoms with Crippen LogP contribution < -0.4 is 10.2 Å². The van der Waals surface area contributed by atoms with E-state index in [-0.39, 0.29) is 11.9 Å². The molecule has 1 aliphatic heterocycles. The highest BCUT2D eigenvalue weighted by Crippen LogP contribution is 2.27. The minimum atomic E-state index is -1.10. The van der Waals surface area contributed by atoms with E-state index in [1.807, 2.05) is 11.8 Å². The molecule has 1 aromatic carbocycles. The maximum Gasteiger partial charge on any atom is 0.328 e. The topological polar surface area (TPSA) is 69.6 Å². The van der Waals surface area contributed by atoms with E-state index in [0.29, 0.717) is 30.8 Å². The van der Waals surface area contributed by atoms with Crippen molar-refractivity contribution in [3.05, 3.63) is 35.7 Å². The Balaban J connectivity index is 2.41. The van der Waals surface area contributed by atoms with Crippen molar-refractivity contribution in [2.24, 2.45) is 0 Å². The predicted molar refractivity (Wildman–Crippen MR) is 77.5 cm³/mol. The molecule has 1 atom stereocenters. The SMILES string of the molecule is CCC1C(=O)NCCN1c1ccc(F)cc1C=CC(=O)O. The minimum absolute atomic E-state index is 0.0683. The van der Waals surface area contributed by atoms with Gasteiger partial charge in [-0.25, -0.2) is 9.18 Å². The number of hydrogen-bond donors (Lipinski definition) is 2. The van der Waals surface area contributed by atoms with E-state index in [1.54, 1.807) is 6.07 Å². The second kappa shape index (κ2) is 6.39. The van der Waals surface area contributed by atoms with Gasteiger partial charge in [-0.2, -0.15) is 0 Å². The first kappa shape index (κ1) is 15.0. The van der Waals surface area contributed by atoms with Crippen LogP contribution >= 0.6 is 0 Å². The van der Waals surface area contributed by atoms with E-state index in [4.69, 9.17) is 5.11 Å². The molecule has 1 heterocycles. The maximum absolute atomic E-state index is 13.4. The van der Waals surface area contributed by atoms with Gasteiger partial charge in [0.2, 0.25) is 5.91 Å². The van der Waals surface area contributed by atoms with Crippen LogP contribution in [0, 0.1) is 5.82 Å². The Labute approximate surface area is 122 Å². The number of carboxylic acid groups (broad SMARTS) is 1. The van der Waals surface area contributed by atoms with E-state index < -0.39 is 11.8 Å². The summed E-state index contributed by atoms with van der Waals surface area (Å²) in [5.74, 6) is -1.62. The second-order valence-electron chi connectivity index (χ2n) is 4.78. The Morgan fingerprint density at radius 3 is 3.00 bits per heavy atom. The molecule has 1 saturated heterocycles. The van der Waals surface area contributed by atoms with Gasteiger partial charge in [-0.15, -0.1) is 0 Å². The highest BCUT2D eigenvalue weighted by Gasteiger charge is 2.29. The van der Waals surface area contributed by atoms with Crippen LogP contribution in [0.25, 0.3) is 6.08 Å². The molecule has 6 heteroatoms. The van der Waals surface area contributed by atoms with Gasteiger partial charge in [-0.05, 0) is 30.7 Å². The van der Waals surface area contributed by atoms with Gasteiger partial charge in [0.25, 0.3) is 0 Å². The molecule has 0 aliphatic carbocycles. The summed E-state index contributed by atoms with van der Waals surface area (Å²) < 4.78 is 13.4. The van der Waals surface area contributed by atoms with Crippen molar-refractivity contribution in [3.8, 4) is 0 Å². The molecule has 0 spiro atoms. The fourth-order valence-electron chi connectivity index (χ4n) is 2.49. The Morgan fingerprint density at radius 1 is 1.57 bits per heavy atom. The number of rotatable bonds is 4. The lowest BCUT2D eigenvalue weighted by Crippen LogP contribution is -2.55. The lowest BCUT2D eigenvalue weighted by molar-refractivity contribution is -0.131. The van der Waals surface area contributed by atoms with Crippen LogP contribution in [0.4, 0.5) is 10.1 Å². The highest BCUT2D eigenvalue weighted by atomic mass is 19.1. The van der Waals surface area contributed by atoms with Gasteiger partial charge in [0.1, 0.15) is 11.9 Å². The van der Waals surface area contributed by atoms with Crippen LogP contribution in [-0.2, 0) is 9.59 Å². The van der Waals surface area contributed by atoms with Crippen molar-refractivity contribution < 1.29 is 19.1 Å². The maximum atomic E-state index is 13.4. The third-order valence-electron chi connectivity index (χ3n) is 3.42. The molecule has 21 heavy (non-hydrogen) atoms. The van der Waals surface area contributed by atoms with Crippen LogP contribution in [0.2, 0.25) is 0 Å². The number of nitrogens with one attached hydrogen (secondary N) is 1. The smallest absolute Gasteiger partial charge is 0.328 e. The number of aliphatic carboxylic acids is 1. The molecule has 0 aromatic heterocycles. The Kier molecular flexibility index (Phi) is 4.57. The van der Waals surface area contributed by atoms with E-state index in [0.717, 1.165) is 6.08 Å². The predicted octanol–water partition coefficient (Wildman–Crippen LogP) is 1.64.